The van der Waals surface area contributed by atoms with E-state index in [4.69, 9.17) is 4.74 Å². The Hall–Kier alpha value is -1.88. The van der Waals surface area contributed by atoms with Crippen LogP contribution in [0.5, 0.6) is 5.75 Å². The molecule has 0 amide bonds. The van der Waals surface area contributed by atoms with E-state index in [9.17, 15) is 22.9 Å². The standard InChI is InChI=1S/C17H14N2O6S.Na/c1-25-13-5-3-12(4-6-13)18-19-17(21)15-8-7-14(26(22,23)24)10-11(15)2-9-16(17)20;/h2-10,21H,1H3,(H,22,23,24);/q;+1/p-1. The van der Waals surface area contributed by atoms with Crippen molar-refractivity contribution in [2.45, 2.75) is 10.6 Å². The smallest absolute Gasteiger partial charge is 0.744 e. The van der Waals surface area contributed by atoms with Crippen molar-refractivity contribution in [1.29, 1.82) is 0 Å². The molecule has 0 saturated heterocycles. The predicted octanol–water partition coefficient (Wildman–Crippen LogP) is -0.872. The van der Waals surface area contributed by atoms with E-state index < -0.39 is 26.5 Å². The van der Waals surface area contributed by atoms with E-state index in [-0.39, 0.29) is 40.7 Å². The zero-order valence-electron chi connectivity index (χ0n) is 14.5. The number of carbonyl (C=O) groups excluding carboxylic acids is 1. The quantitative estimate of drug-likeness (QED) is 0.406. The molecule has 134 valence electrons. The van der Waals surface area contributed by atoms with E-state index in [0.29, 0.717) is 11.4 Å². The molecule has 10 heteroatoms. The van der Waals surface area contributed by atoms with Crippen LogP contribution < -0.4 is 34.3 Å². The molecule has 3 rings (SSSR count). The van der Waals surface area contributed by atoms with E-state index in [1.165, 1.54) is 19.3 Å². The summed E-state index contributed by atoms with van der Waals surface area (Å²) in [6.45, 7) is 0. The molecule has 0 spiro atoms. The molecule has 1 unspecified atom stereocenters. The Kier molecular flexibility index (Phi) is 6.35. The first-order chi connectivity index (χ1) is 12.2. The Bertz CT molecular complexity index is 1030. The topological polar surface area (TPSA) is 128 Å². The summed E-state index contributed by atoms with van der Waals surface area (Å²) in [5.74, 6) is -0.129. The van der Waals surface area contributed by atoms with E-state index in [2.05, 4.69) is 10.2 Å². The molecule has 0 aliphatic heterocycles. The van der Waals surface area contributed by atoms with Crippen molar-refractivity contribution < 1.29 is 57.2 Å². The number of nitrogens with zero attached hydrogens (tertiary/aromatic N) is 2. The molecule has 0 bridgehead atoms. The van der Waals surface area contributed by atoms with Crippen molar-refractivity contribution in [3.05, 3.63) is 59.7 Å². The Morgan fingerprint density at radius 2 is 1.78 bits per heavy atom. The fourth-order valence-electron chi connectivity index (χ4n) is 2.45. The molecule has 2 aromatic carbocycles. The van der Waals surface area contributed by atoms with Crippen LogP contribution in [0.3, 0.4) is 0 Å². The Balaban J connectivity index is 0.00000261. The molecule has 2 aromatic rings. The van der Waals surface area contributed by atoms with E-state index in [1.807, 2.05) is 0 Å². The zero-order valence-corrected chi connectivity index (χ0v) is 17.3. The molecular weight excluding hydrogens is 383 g/mol. The van der Waals surface area contributed by atoms with Crippen molar-refractivity contribution in [1.82, 2.24) is 0 Å². The summed E-state index contributed by atoms with van der Waals surface area (Å²) < 4.78 is 38.5. The maximum Gasteiger partial charge on any atom is 1.00 e. The second kappa shape index (κ2) is 8.01. The molecule has 0 fully saturated rings. The second-order valence-corrected chi connectivity index (χ2v) is 6.85. The van der Waals surface area contributed by atoms with Gasteiger partial charge in [0.25, 0.3) is 5.72 Å². The van der Waals surface area contributed by atoms with Crippen LogP contribution >= 0.6 is 0 Å². The minimum Gasteiger partial charge on any atom is -0.744 e. The minimum atomic E-state index is -4.67. The Morgan fingerprint density at radius 3 is 2.37 bits per heavy atom. The number of carbonyl (C=O) groups is 1. The number of fused-ring (bicyclic) bond motifs is 1. The first-order valence-corrected chi connectivity index (χ1v) is 8.77. The van der Waals surface area contributed by atoms with Crippen LogP contribution in [0, 0.1) is 0 Å². The van der Waals surface area contributed by atoms with Crippen molar-refractivity contribution >= 4 is 27.7 Å². The fraction of sp³-hybridized carbons (Fsp3) is 0.118. The summed E-state index contributed by atoms with van der Waals surface area (Å²) in [5, 5.41) is 18.4. The number of hydrogen-bond acceptors (Lipinski definition) is 8. The number of methoxy groups -OCH3 is 1. The molecule has 1 N–H and O–H groups in total. The minimum absolute atomic E-state index is 0. The van der Waals surface area contributed by atoms with Crippen LogP contribution in [0.1, 0.15) is 11.1 Å². The first-order valence-electron chi connectivity index (χ1n) is 7.36. The maximum atomic E-state index is 12.2. The molecule has 27 heavy (non-hydrogen) atoms. The van der Waals surface area contributed by atoms with Gasteiger partial charge in [-0.1, -0.05) is 12.1 Å². The van der Waals surface area contributed by atoms with Crippen LogP contribution in [0.25, 0.3) is 6.08 Å². The molecule has 0 saturated carbocycles. The molecule has 0 radical (unpaired) electrons. The molecule has 8 nitrogen and oxygen atoms in total. The van der Waals surface area contributed by atoms with Crippen LogP contribution in [0.15, 0.2) is 63.7 Å². The summed E-state index contributed by atoms with van der Waals surface area (Å²) in [5.41, 5.74) is -1.70. The molecule has 1 aliphatic rings. The van der Waals surface area contributed by atoms with Crippen molar-refractivity contribution in [2.75, 3.05) is 7.11 Å². The normalized spacial score (nSPS) is 18.9. The predicted molar refractivity (Wildman–Crippen MR) is 89.9 cm³/mol. The van der Waals surface area contributed by atoms with Gasteiger partial charge in [0.2, 0.25) is 5.78 Å². The monoisotopic (exact) mass is 396 g/mol. The second-order valence-electron chi connectivity index (χ2n) is 5.47. The van der Waals surface area contributed by atoms with Gasteiger partial charge >= 0.3 is 29.6 Å². The van der Waals surface area contributed by atoms with E-state index in [0.717, 1.165) is 18.2 Å². The van der Waals surface area contributed by atoms with Gasteiger partial charge in [-0.05, 0) is 48.0 Å². The average molecular weight is 396 g/mol. The van der Waals surface area contributed by atoms with Gasteiger partial charge in [-0.15, -0.1) is 5.11 Å². The number of azo groups is 1. The van der Waals surface area contributed by atoms with Gasteiger partial charge in [-0.2, -0.15) is 5.11 Å². The van der Waals surface area contributed by atoms with Crippen molar-refractivity contribution in [2.24, 2.45) is 10.2 Å². The zero-order chi connectivity index (χ0) is 18.9. The van der Waals surface area contributed by atoms with Gasteiger partial charge in [-0.25, -0.2) is 8.42 Å². The summed E-state index contributed by atoms with van der Waals surface area (Å²) >= 11 is 0. The summed E-state index contributed by atoms with van der Waals surface area (Å²) in [7, 11) is -3.15. The van der Waals surface area contributed by atoms with Gasteiger partial charge in [0.1, 0.15) is 15.9 Å². The summed E-state index contributed by atoms with van der Waals surface area (Å²) in [6, 6.07) is 9.72. The van der Waals surface area contributed by atoms with Crippen LogP contribution in [-0.4, -0.2) is 31.0 Å². The van der Waals surface area contributed by atoms with Crippen LogP contribution in [-0.2, 0) is 20.6 Å². The number of rotatable bonds is 4. The van der Waals surface area contributed by atoms with Gasteiger partial charge in [-0.3, -0.25) is 4.79 Å². The third-order valence-electron chi connectivity index (χ3n) is 3.83. The molecule has 1 atom stereocenters. The van der Waals surface area contributed by atoms with Crippen molar-refractivity contribution in [3.63, 3.8) is 0 Å². The number of hydrogen-bond donors (Lipinski definition) is 1. The third-order valence-corrected chi connectivity index (χ3v) is 4.66. The molecular formula is C17H13N2NaO6S. The van der Waals surface area contributed by atoms with Gasteiger partial charge in [0.05, 0.1) is 17.7 Å². The van der Waals surface area contributed by atoms with E-state index in [1.54, 1.807) is 24.3 Å². The number of ketones is 1. The van der Waals surface area contributed by atoms with Crippen LogP contribution in [0.2, 0.25) is 0 Å². The number of aliphatic hydroxyl groups is 1. The van der Waals surface area contributed by atoms with E-state index >= 15 is 0 Å². The first kappa shape index (κ1) is 21.4. The SMILES string of the molecule is COc1ccc(N=NC2(O)C(=O)C=Cc3cc(S(=O)(=O)[O-])ccc32)cc1.[Na+]. The summed E-state index contributed by atoms with van der Waals surface area (Å²) in [6.07, 6.45) is 2.36. The number of ether oxygens (including phenoxy) is 1. The third kappa shape index (κ3) is 4.34. The van der Waals surface area contributed by atoms with Gasteiger partial charge < -0.3 is 14.4 Å². The largest absolute Gasteiger partial charge is 1.00 e. The number of benzene rings is 2. The Labute approximate surface area is 177 Å². The summed E-state index contributed by atoms with van der Waals surface area (Å²) in [4.78, 5) is 11.7. The maximum absolute atomic E-state index is 12.2. The van der Waals surface area contributed by atoms with Gasteiger partial charge in [0.15, 0.2) is 0 Å². The Morgan fingerprint density at radius 1 is 1.11 bits per heavy atom. The molecule has 0 aromatic heterocycles. The van der Waals surface area contributed by atoms with Crippen molar-refractivity contribution in [3.8, 4) is 5.75 Å². The fourth-order valence-corrected chi connectivity index (χ4v) is 2.95. The molecule has 0 heterocycles. The van der Waals surface area contributed by atoms with Gasteiger partial charge in [0, 0.05) is 5.56 Å². The molecule has 1 aliphatic carbocycles. The average Bonchev–Trinajstić information content (AvgIpc) is 2.63. The van der Waals surface area contributed by atoms with Crippen LogP contribution in [0.4, 0.5) is 5.69 Å².